The molecular formula is C16H16F2N2O. The van der Waals surface area contributed by atoms with Crippen LogP contribution in [0.1, 0.15) is 21.5 Å². The van der Waals surface area contributed by atoms with Gasteiger partial charge in [-0.2, -0.15) is 0 Å². The molecule has 0 atom stereocenters. The molecule has 0 saturated carbocycles. The minimum Gasteiger partial charge on any atom is -0.398 e. The van der Waals surface area contributed by atoms with Crippen molar-refractivity contribution in [1.82, 2.24) is 4.90 Å². The maximum absolute atomic E-state index is 13.6. The SMILES string of the molecule is Cc1cccc(N)c1C(=O)N(C)Cc1ccc(F)cc1F. The van der Waals surface area contributed by atoms with Gasteiger partial charge in [0.2, 0.25) is 0 Å². The predicted molar refractivity (Wildman–Crippen MR) is 77.7 cm³/mol. The average molecular weight is 290 g/mol. The zero-order chi connectivity index (χ0) is 15.6. The number of nitrogens with zero attached hydrogens (tertiary/aromatic N) is 1. The third-order valence-electron chi connectivity index (χ3n) is 3.29. The molecule has 0 saturated heterocycles. The number of benzene rings is 2. The van der Waals surface area contributed by atoms with Gasteiger partial charge in [-0.25, -0.2) is 8.78 Å². The Bertz CT molecular complexity index is 666. The van der Waals surface area contributed by atoms with Gasteiger partial charge < -0.3 is 10.6 Å². The summed E-state index contributed by atoms with van der Waals surface area (Å²) in [6.07, 6.45) is 0. The van der Waals surface area contributed by atoms with Crippen molar-refractivity contribution in [3.8, 4) is 0 Å². The van der Waals surface area contributed by atoms with E-state index in [0.717, 1.165) is 11.6 Å². The first-order valence-electron chi connectivity index (χ1n) is 6.44. The summed E-state index contributed by atoms with van der Waals surface area (Å²) in [6.45, 7) is 1.83. The summed E-state index contributed by atoms with van der Waals surface area (Å²) in [4.78, 5) is 13.8. The first-order chi connectivity index (χ1) is 9.90. The lowest BCUT2D eigenvalue weighted by Crippen LogP contribution is -2.28. The third kappa shape index (κ3) is 3.18. The Kier molecular flexibility index (Phi) is 4.21. The molecule has 5 heteroatoms. The number of hydrogen-bond acceptors (Lipinski definition) is 2. The van der Waals surface area contributed by atoms with Crippen LogP contribution in [0.5, 0.6) is 0 Å². The molecule has 1 amide bonds. The van der Waals surface area contributed by atoms with E-state index in [2.05, 4.69) is 0 Å². The van der Waals surface area contributed by atoms with E-state index >= 15 is 0 Å². The summed E-state index contributed by atoms with van der Waals surface area (Å²) in [7, 11) is 1.55. The molecular weight excluding hydrogens is 274 g/mol. The van der Waals surface area contributed by atoms with Crippen LogP contribution in [0, 0.1) is 18.6 Å². The van der Waals surface area contributed by atoms with Gasteiger partial charge in [0.15, 0.2) is 0 Å². The second kappa shape index (κ2) is 5.91. The van der Waals surface area contributed by atoms with Crippen molar-refractivity contribution in [2.24, 2.45) is 0 Å². The Morgan fingerprint density at radius 3 is 2.57 bits per heavy atom. The van der Waals surface area contributed by atoms with Crippen molar-refractivity contribution in [3.63, 3.8) is 0 Å². The van der Waals surface area contributed by atoms with Crippen molar-refractivity contribution < 1.29 is 13.6 Å². The Labute approximate surface area is 122 Å². The number of carbonyl (C=O) groups excluding carboxylic acids is 1. The van der Waals surface area contributed by atoms with E-state index in [1.807, 2.05) is 0 Å². The van der Waals surface area contributed by atoms with Gasteiger partial charge in [0.1, 0.15) is 11.6 Å². The minimum atomic E-state index is -0.674. The molecule has 0 aliphatic rings. The smallest absolute Gasteiger partial charge is 0.256 e. The predicted octanol–water partition coefficient (Wildman–Crippen LogP) is 3.13. The second-order valence-electron chi connectivity index (χ2n) is 4.94. The highest BCUT2D eigenvalue weighted by Crippen LogP contribution is 2.20. The standard InChI is InChI=1S/C16H16F2N2O/c1-10-4-3-5-14(19)15(10)16(21)20(2)9-11-6-7-12(17)8-13(11)18/h3-8H,9,19H2,1-2H3. The van der Waals surface area contributed by atoms with Crippen molar-refractivity contribution in [2.45, 2.75) is 13.5 Å². The molecule has 3 nitrogen and oxygen atoms in total. The van der Waals surface area contributed by atoms with Gasteiger partial charge >= 0.3 is 0 Å². The lowest BCUT2D eigenvalue weighted by molar-refractivity contribution is 0.0784. The fraction of sp³-hybridized carbons (Fsp3) is 0.188. The third-order valence-corrected chi connectivity index (χ3v) is 3.29. The zero-order valence-electron chi connectivity index (χ0n) is 11.9. The van der Waals surface area contributed by atoms with E-state index in [4.69, 9.17) is 5.73 Å². The number of nitrogen functional groups attached to an aromatic ring is 1. The number of hydrogen-bond donors (Lipinski definition) is 1. The molecule has 2 aromatic rings. The highest BCUT2D eigenvalue weighted by atomic mass is 19.1. The van der Waals surface area contributed by atoms with Gasteiger partial charge in [0, 0.05) is 30.9 Å². The first-order valence-corrected chi connectivity index (χ1v) is 6.44. The average Bonchev–Trinajstić information content (AvgIpc) is 2.41. The van der Waals surface area contributed by atoms with Crippen LogP contribution in [0.4, 0.5) is 14.5 Å². The first kappa shape index (κ1) is 15.0. The highest BCUT2D eigenvalue weighted by Gasteiger charge is 2.18. The number of anilines is 1. The van der Waals surface area contributed by atoms with Gasteiger partial charge in [-0.1, -0.05) is 18.2 Å². The molecule has 110 valence electrons. The molecule has 2 N–H and O–H groups in total. The fourth-order valence-electron chi connectivity index (χ4n) is 2.15. The van der Waals surface area contributed by atoms with Crippen LogP contribution in [0.3, 0.4) is 0 Å². The van der Waals surface area contributed by atoms with Crippen molar-refractivity contribution in [3.05, 3.63) is 64.7 Å². The largest absolute Gasteiger partial charge is 0.398 e. The Hall–Kier alpha value is -2.43. The van der Waals surface area contributed by atoms with Crippen LogP contribution in [-0.2, 0) is 6.54 Å². The molecule has 2 rings (SSSR count). The number of rotatable bonds is 3. The summed E-state index contributed by atoms with van der Waals surface area (Å²) in [5.74, 6) is -1.62. The molecule has 0 aromatic heterocycles. The summed E-state index contributed by atoms with van der Waals surface area (Å²) in [6, 6.07) is 8.49. The Balaban J connectivity index is 2.24. The zero-order valence-corrected chi connectivity index (χ0v) is 11.9. The minimum absolute atomic E-state index is 0.0404. The number of amides is 1. The number of nitrogens with two attached hydrogens (primary N) is 1. The van der Waals surface area contributed by atoms with Crippen LogP contribution in [0.15, 0.2) is 36.4 Å². The van der Waals surface area contributed by atoms with E-state index in [1.54, 1.807) is 32.2 Å². The lowest BCUT2D eigenvalue weighted by atomic mass is 10.1. The van der Waals surface area contributed by atoms with E-state index in [1.165, 1.54) is 17.0 Å². The van der Waals surface area contributed by atoms with Crippen LogP contribution in [-0.4, -0.2) is 17.9 Å². The van der Waals surface area contributed by atoms with E-state index in [-0.39, 0.29) is 18.0 Å². The highest BCUT2D eigenvalue weighted by molar-refractivity contribution is 6.00. The summed E-state index contributed by atoms with van der Waals surface area (Å²) >= 11 is 0. The monoisotopic (exact) mass is 290 g/mol. The molecule has 0 aliphatic heterocycles. The number of carbonyl (C=O) groups is 1. The Morgan fingerprint density at radius 2 is 1.95 bits per heavy atom. The maximum atomic E-state index is 13.6. The van der Waals surface area contributed by atoms with Crippen LogP contribution >= 0.6 is 0 Å². The van der Waals surface area contributed by atoms with E-state index in [0.29, 0.717) is 11.3 Å². The Morgan fingerprint density at radius 1 is 1.24 bits per heavy atom. The lowest BCUT2D eigenvalue weighted by Gasteiger charge is -2.20. The van der Waals surface area contributed by atoms with Crippen molar-refractivity contribution in [1.29, 1.82) is 0 Å². The molecule has 0 unspecified atom stereocenters. The second-order valence-corrected chi connectivity index (χ2v) is 4.94. The van der Waals surface area contributed by atoms with Crippen LogP contribution < -0.4 is 5.73 Å². The molecule has 21 heavy (non-hydrogen) atoms. The van der Waals surface area contributed by atoms with Gasteiger partial charge in [0.25, 0.3) is 5.91 Å². The van der Waals surface area contributed by atoms with E-state index < -0.39 is 11.6 Å². The van der Waals surface area contributed by atoms with Crippen molar-refractivity contribution in [2.75, 3.05) is 12.8 Å². The summed E-state index contributed by atoms with van der Waals surface area (Å²) in [5, 5.41) is 0. The molecule has 0 heterocycles. The van der Waals surface area contributed by atoms with Gasteiger partial charge in [-0.05, 0) is 24.6 Å². The van der Waals surface area contributed by atoms with Crippen molar-refractivity contribution >= 4 is 11.6 Å². The quantitative estimate of drug-likeness (QED) is 0.883. The normalized spacial score (nSPS) is 10.5. The van der Waals surface area contributed by atoms with E-state index in [9.17, 15) is 13.6 Å². The number of aryl methyl sites for hydroxylation is 1. The fourth-order valence-corrected chi connectivity index (χ4v) is 2.15. The molecule has 0 spiro atoms. The molecule has 0 fully saturated rings. The molecule has 0 radical (unpaired) electrons. The molecule has 2 aromatic carbocycles. The topological polar surface area (TPSA) is 46.3 Å². The summed E-state index contributed by atoms with van der Waals surface area (Å²) in [5.41, 5.74) is 7.62. The van der Waals surface area contributed by atoms with Crippen LogP contribution in [0.25, 0.3) is 0 Å². The summed E-state index contributed by atoms with van der Waals surface area (Å²) < 4.78 is 26.5. The van der Waals surface area contributed by atoms with Gasteiger partial charge in [-0.15, -0.1) is 0 Å². The van der Waals surface area contributed by atoms with Gasteiger partial charge in [0.05, 0.1) is 5.56 Å². The van der Waals surface area contributed by atoms with Gasteiger partial charge in [-0.3, -0.25) is 4.79 Å². The maximum Gasteiger partial charge on any atom is 0.256 e. The number of halogens is 2. The molecule has 0 bridgehead atoms. The molecule has 0 aliphatic carbocycles. The van der Waals surface area contributed by atoms with Crippen LogP contribution in [0.2, 0.25) is 0 Å².